The van der Waals surface area contributed by atoms with Crippen molar-refractivity contribution in [1.82, 2.24) is 5.32 Å². The summed E-state index contributed by atoms with van der Waals surface area (Å²) in [4.78, 5) is 12.3. The highest BCUT2D eigenvalue weighted by atomic mass is 16.5. The number of phenolic OH excluding ortho intramolecular Hbond substituents is 1. The lowest BCUT2D eigenvalue weighted by molar-refractivity contribution is 0.0891. The Morgan fingerprint density at radius 2 is 1.85 bits per heavy atom. The van der Waals surface area contributed by atoms with Gasteiger partial charge in [0.2, 0.25) is 0 Å². The standard InChI is InChI=1S/C16H25NO3/c1-15(2,3)10-16(4,5)17-14(19)11-7-8-12(18)13(9-11)20-6/h7-9,18H,10H2,1-6H3,(H,17,19). The summed E-state index contributed by atoms with van der Waals surface area (Å²) in [6, 6.07) is 4.59. The number of ether oxygens (including phenoxy) is 1. The summed E-state index contributed by atoms with van der Waals surface area (Å²) in [5, 5.41) is 12.6. The summed E-state index contributed by atoms with van der Waals surface area (Å²) in [5.74, 6) is 0.154. The van der Waals surface area contributed by atoms with Crippen molar-refractivity contribution in [1.29, 1.82) is 0 Å². The van der Waals surface area contributed by atoms with Gasteiger partial charge < -0.3 is 15.2 Å². The lowest BCUT2D eigenvalue weighted by atomic mass is 9.81. The molecule has 0 radical (unpaired) electrons. The zero-order valence-electron chi connectivity index (χ0n) is 13.2. The zero-order valence-corrected chi connectivity index (χ0v) is 13.2. The van der Waals surface area contributed by atoms with Crippen molar-refractivity contribution in [3.05, 3.63) is 23.8 Å². The van der Waals surface area contributed by atoms with Crippen LogP contribution in [0.25, 0.3) is 0 Å². The molecule has 4 nitrogen and oxygen atoms in total. The second-order valence-corrected chi connectivity index (χ2v) is 6.96. The number of benzene rings is 1. The Balaban J connectivity index is 2.86. The molecule has 0 fully saturated rings. The minimum atomic E-state index is -0.305. The maximum atomic E-state index is 12.3. The van der Waals surface area contributed by atoms with Crippen molar-refractivity contribution in [2.45, 2.75) is 46.6 Å². The van der Waals surface area contributed by atoms with E-state index in [-0.39, 0.29) is 22.6 Å². The van der Waals surface area contributed by atoms with Gasteiger partial charge in [0.15, 0.2) is 11.5 Å². The molecular formula is C16H25NO3. The summed E-state index contributed by atoms with van der Waals surface area (Å²) < 4.78 is 5.02. The molecule has 0 spiro atoms. The second-order valence-electron chi connectivity index (χ2n) is 6.96. The van der Waals surface area contributed by atoms with Gasteiger partial charge in [-0.2, -0.15) is 0 Å². The van der Waals surface area contributed by atoms with Crippen molar-refractivity contribution in [2.75, 3.05) is 7.11 Å². The Bertz CT molecular complexity index is 487. The highest BCUT2D eigenvalue weighted by Crippen LogP contribution is 2.29. The SMILES string of the molecule is COc1cc(C(=O)NC(C)(C)CC(C)(C)C)ccc1O. The number of hydrogen-bond acceptors (Lipinski definition) is 3. The van der Waals surface area contributed by atoms with Gasteiger partial charge in [-0.15, -0.1) is 0 Å². The van der Waals surface area contributed by atoms with Crippen LogP contribution in [0.15, 0.2) is 18.2 Å². The highest BCUT2D eigenvalue weighted by molar-refractivity contribution is 5.95. The molecular weight excluding hydrogens is 254 g/mol. The molecule has 0 aliphatic carbocycles. The zero-order chi connectivity index (χ0) is 15.6. The maximum Gasteiger partial charge on any atom is 0.251 e. The van der Waals surface area contributed by atoms with Crippen molar-refractivity contribution in [2.24, 2.45) is 5.41 Å². The van der Waals surface area contributed by atoms with E-state index in [0.717, 1.165) is 6.42 Å². The van der Waals surface area contributed by atoms with Gasteiger partial charge in [0.05, 0.1) is 7.11 Å². The van der Waals surface area contributed by atoms with Gasteiger partial charge in [0, 0.05) is 11.1 Å². The first-order chi connectivity index (χ1) is 9.04. The monoisotopic (exact) mass is 279 g/mol. The van der Waals surface area contributed by atoms with Crippen LogP contribution in [0.5, 0.6) is 11.5 Å². The van der Waals surface area contributed by atoms with Crippen LogP contribution < -0.4 is 10.1 Å². The van der Waals surface area contributed by atoms with E-state index in [1.165, 1.54) is 19.2 Å². The van der Waals surface area contributed by atoms with Gasteiger partial charge >= 0.3 is 0 Å². The van der Waals surface area contributed by atoms with E-state index in [1.807, 2.05) is 13.8 Å². The predicted octanol–water partition coefficient (Wildman–Crippen LogP) is 3.35. The molecule has 2 N–H and O–H groups in total. The third kappa shape index (κ3) is 4.76. The van der Waals surface area contributed by atoms with E-state index in [0.29, 0.717) is 11.3 Å². The summed E-state index contributed by atoms with van der Waals surface area (Å²) >= 11 is 0. The molecule has 0 saturated carbocycles. The van der Waals surface area contributed by atoms with Crippen molar-refractivity contribution in [3.8, 4) is 11.5 Å². The van der Waals surface area contributed by atoms with Crippen molar-refractivity contribution >= 4 is 5.91 Å². The molecule has 112 valence electrons. The fraction of sp³-hybridized carbons (Fsp3) is 0.562. The predicted molar refractivity (Wildman–Crippen MR) is 80.3 cm³/mol. The minimum Gasteiger partial charge on any atom is -0.504 e. The Kier molecular flexibility index (Phi) is 4.69. The fourth-order valence-electron chi connectivity index (χ4n) is 2.57. The minimum absolute atomic E-state index is 0.0259. The van der Waals surface area contributed by atoms with Gasteiger partial charge in [-0.1, -0.05) is 20.8 Å². The van der Waals surface area contributed by atoms with Gasteiger partial charge in [-0.05, 0) is 43.9 Å². The van der Waals surface area contributed by atoms with Crippen LogP contribution in [0.4, 0.5) is 0 Å². The van der Waals surface area contributed by atoms with Gasteiger partial charge in [0.1, 0.15) is 0 Å². The van der Waals surface area contributed by atoms with E-state index in [9.17, 15) is 9.90 Å². The quantitative estimate of drug-likeness (QED) is 0.888. The number of phenols is 1. The number of carbonyl (C=O) groups is 1. The topological polar surface area (TPSA) is 58.6 Å². The van der Waals surface area contributed by atoms with Gasteiger partial charge in [0.25, 0.3) is 5.91 Å². The second kappa shape index (κ2) is 5.73. The fourth-order valence-corrected chi connectivity index (χ4v) is 2.57. The first-order valence-electron chi connectivity index (χ1n) is 6.74. The molecule has 1 aromatic rings. The molecule has 0 atom stereocenters. The lowest BCUT2D eigenvalue weighted by Crippen LogP contribution is -2.45. The summed E-state index contributed by atoms with van der Waals surface area (Å²) in [6.45, 7) is 10.4. The number of nitrogens with one attached hydrogen (secondary N) is 1. The third-order valence-electron chi connectivity index (χ3n) is 2.87. The normalized spacial score (nSPS) is 12.1. The van der Waals surface area contributed by atoms with Crippen LogP contribution in [0.3, 0.4) is 0 Å². The molecule has 0 saturated heterocycles. The first-order valence-corrected chi connectivity index (χ1v) is 6.74. The Morgan fingerprint density at radius 1 is 1.25 bits per heavy atom. The molecule has 0 aliphatic heterocycles. The number of aromatic hydroxyl groups is 1. The van der Waals surface area contributed by atoms with E-state index < -0.39 is 0 Å². The van der Waals surface area contributed by atoms with Crippen LogP contribution in [-0.4, -0.2) is 23.7 Å². The van der Waals surface area contributed by atoms with Crippen LogP contribution in [-0.2, 0) is 0 Å². The molecule has 1 aromatic carbocycles. The van der Waals surface area contributed by atoms with E-state index in [2.05, 4.69) is 26.1 Å². The molecule has 0 heterocycles. The average molecular weight is 279 g/mol. The van der Waals surface area contributed by atoms with Crippen LogP contribution in [0, 0.1) is 5.41 Å². The molecule has 1 rings (SSSR count). The molecule has 4 heteroatoms. The largest absolute Gasteiger partial charge is 0.504 e. The number of hydrogen-bond donors (Lipinski definition) is 2. The Labute approximate surface area is 121 Å². The van der Waals surface area contributed by atoms with Gasteiger partial charge in [-0.3, -0.25) is 4.79 Å². The van der Waals surface area contributed by atoms with Crippen LogP contribution in [0.2, 0.25) is 0 Å². The van der Waals surface area contributed by atoms with E-state index in [4.69, 9.17) is 4.74 Å². The number of amides is 1. The third-order valence-corrected chi connectivity index (χ3v) is 2.87. The van der Waals surface area contributed by atoms with Gasteiger partial charge in [-0.25, -0.2) is 0 Å². The van der Waals surface area contributed by atoms with E-state index in [1.54, 1.807) is 6.07 Å². The van der Waals surface area contributed by atoms with Crippen LogP contribution in [0.1, 0.15) is 51.4 Å². The molecule has 0 aromatic heterocycles. The molecule has 0 unspecified atom stereocenters. The first kappa shape index (κ1) is 16.3. The molecule has 0 aliphatic rings. The maximum absolute atomic E-state index is 12.3. The average Bonchev–Trinajstić information content (AvgIpc) is 2.25. The van der Waals surface area contributed by atoms with E-state index >= 15 is 0 Å². The Hall–Kier alpha value is -1.71. The number of methoxy groups -OCH3 is 1. The highest BCUT2D eigenvalue weighted by Gasteiger charge is 2.27. The number of rotatable bonds is 4. The van der Waals surface area contributed by atoms with Crippen molar-refractivity contribution < 1.29 is 14.6 Å². The molecule has 1 amide bonds. The van der Waals surface area contributed by atoms with Crippen LogP contribution >= 0.6 is 0 Å². The summed E-state index contributed by atoms with van der Waals surface area (Å²) in [6.07, 6.45) is 0.862. The number of carbonyl (C=O) groups excluding carboxylic acids is 1. The summed E-state index contributed by atoms with van der Waals surface area (Å²) in [5.41, 5.74) is 0.297. The lowest BCUT2D eigenvalue weighted by Gasteiger charge is -2.33. The summed E-state index contributed by atoms with van der Waals surface area (Å²) in [7, 11) is 1.46. The molecule has 20 heavy (non-hydrogen) atoms. The Morgan fingerprint density at radius 3 is 2.35 bits per heavy atom. The molecule has 0 bridgehead atoms. The smallest absolute Gasteiger partial charge is 0.251 e. The van der Waals surface area contributed by atoms with Crippen molar-refractivity contribution in [3.63, 3.8) is 0 Å².